The summed E-state index contributed by atoms with van der Waals surface area (Å²) in [5, 5.41) is 6.94. The molecule has 1 aliphatic rings. The summed E-state index contributed by atoms with van der Waals surface area (Å²) < 4.78 is 10.5. The van der Waals surface area contributed by atoms with Crippen molar-refractivity contribution in [3.8, 4) is 28.8 Å². The Labute approximate surface area is 176 Å². The van der Waals surface area contributed by atoms with Crippen LogP contribution < -0.4 is 10.1 Å². The van der Waals surface area contributed by atoms with E-state index in [4.69, 9.17) is 9.26 Å². The average molecular weight is 400 g/mol. The van der Waals surface area contributed by atoms with Gasteiger partial charge in [-0.05, 0) is 61.4 Å². The van der Waals surface area contributed by atoms with Crippen molar-refractivity contribution in [3.63, 3.8) is 0 Å². The van der Waals surface area contributed by atoms with Crippen molar-refractivity contribution in [3.05, 3.63) is 71.5 Å². The summed E-state index contributed by atoms with van der Waals surface area (Å²) in [6.45, 7) is 0.269. The largest absolute Gasteiger partial charge is 0.497 e. The molecule has 1 aliphatic carbocycles. The van der Waals surface area contributed by atoms with Crippen molar-refractivity contribution in [2.24, 2.45) is 5.92 Å². The number of methoxy groups -OCH3 is 1. The molecule has 1 fully saturated rings. The molecule has 152 valence electrons. The van der Waals surface area contributed by atoms with Crippen LogP contribution in [0.4, 0.5) is 0 Å². The van der Waals surface area contributed by atoms with E-state index in [1.54, 1.807) is 19.2 Å². The van der Waals surface area contributed by atoms with Crippen LogP contribution in [0, 0.1) is 17.8 Å². The molecule has 0 aliphatic heterocycles. The molecule has 1 N–H and O–H groups in total. The average Bonchev–Trinajstić information content (AvgIpc) is 3.49. The van der Waals surface area contributed by atoms with Gasteiger partial charge in [-0.25, -0.2) is 0 Å². The molecule has 5 heteroatoms. The van der Waals surface area contributed by atoms with Crippen molar-refractivity contribution in [2.75, 3.05) is 7.11 Å². The summed E-state index contributed by atoms with van der Waals surface area (Å²) in [5.74, 6) is 8.30. The lowest BCUT2D eigenvalue weighted by Crippen LogP contribution is -2.22. The molecular weight excluding hydrogens is 376 g/mol. The van der Waals surface area contributed by atoms with Crippen LogP contribution in [0.3, 0.4) is 0 Å². The van der Waals surface area contributed by atoms with E-state index in [1.165, 1.54) is 25.7 Å². The maximum Gasteiger partial charge on any atom is 0.251 e. The summed E-state index contributed by atoms with van der Waals surface area (Å²) in [6, 6.07) is 16.8. The second-order valence-electron chi connectivity index (χ2n) is 7.42. The van der Waals surface area contributed by atoms with Gasteiger partial charge in [0.25, 0.3) is 5.91 Å². The van der Waals surface area contributed by atoms with Crippen molar-refractivity contribution in [1.82, 2.24) is 10.5 Å². The third-order valence-corrected chi connectivity index (χ3v) is 5.29. The van der Waals surface area contributed by atoms with Gasteiger partial charge in [0.2, 0.25) is 0 Å². The number of hydrogen-bond acceptors (Lipinski definition) is 4. The zero-order valence-electron chi connectivity index (χ0n) is 17.0. The van der Waals surface area contributed by atoms with E-state index in [1.807, 2.05) is 42.5 Å². The van der Waals surface area contributed by atoms with Crippen molar-refractivity contribution in [1.29, 1.82) is 0 Å². The molecule has 0 bridgehead atoms. The number of carbonyl (C=O) groups is 1. The van der Waals surface area contributed by atoms with Crippen LogP contribution in [0.15, 0.2) is 59.1 Å². The van der Waals surface area contributed by atoms with Crippen LogP contribution in [0.25, 0.3) is 11.3 Å². The van der Waals surface area contributed by atoms with E-state index in [9.17, 15) is 4.79 Å². The van der Waals surface area contributed by atoms with Gasteiger partial charge in [-0.2, -0.15) is 0 Å². The molecule has 30 heavy (non-hydrogen) atoms. The third kappa shape index (κ3) is 4.90. The van der Waals surface area contributed by atoms with Gasteiger partial charge in [0, 0.05) is 28.7 Å². The monoisotopic (exact) mass is 400 g/mol. The van der Waals surface area contributed by atoms with Gasteiger partial charge in [0.1, 0.15) is 11.4 Å². The number of ether oxygens (including phenoxy) is 1. The number of benzene rings is 2. The molecule has 5 nitrogen and oxygen atoms in total. The van der Waals surface area contributed by atoms with Crippen molar-refractivity contribution in [2.45, 2.75) is 32.2 Å². The number of nitrogens with zero attached hydrogens (tertiary/aromatic N) is 1. The maximum atomic E-state index is 12.4. The molecule has 1 amide bonds. The predicted octanol–water partition coefficient (Wildman–Crippen LogP) is 4.82. The van der Waals surface area contributed by atoms with Gasteiger partial charge in [-0.15, -0.1) is 0 Å². The molecule has 0 spiro atoms. The Morgan fingerprint density at radius 2 is 1.87 bits per heavy atom. The molecule has 1 saturated carbocycles. The van der Waals surface area contributed by atoms with E-state index in [0.29, 0.717) is 22.9 Å². The third-order valence-electron chi connectivity index (χ3n) is 5.29. The van der Waals surface area contributed by atoms with E-state index >= 15 is 0 Å². The number of hydrogen-bond donors (Lipinski definition) is 1. The Morgan fingerprint density at radius 3 is 2.57 bits per heavy atom. The van der Waals surface area contributed by atoms with Crippen LogP contribution in [0.5, 0.6) is 5.75 Å². The van der Waals surface area contributed by atoms with Gasteiger partial charge in [0.05, 0.1) is 13.7 Å². The minimum Gasteiger partial charge on any atom is -0.497 e. The predicted molar refractivity (Wildman–Crippen MR) is 115 cm³/mol. The minimum atomic E-state index is -0.160. The van der Waals surface area contributed by atoms with E-state index in [2.05, 4.69) is 22.3 Å². The number of nitrogens with one attached hydrogen (secondary N) is 1. The lowest BCUT2D eigenvalue weighted by molar-refractivity contribution is 0.0947. The quantitative estimate of drug-likeness (QED) is 0.624. The lowest BCUT2D eigenvalue weighted by atomic mass is 10.1. The Morgan fingerprint density at radius 1 is 1.13 bits per heavy atom. The Kier molecular flexibility index (Phi) is 6.14. The molecule has 0 saturated heterocycles. The smallest absolute Gasteiger partial charge is 0.251 e. The van der Waals surface area contributed by atoms with E-state index < -0.39 is 0 Å². The van der Waals surface area contributed by atoms with Gasteiger partial charge < -0.3 is 14.6 Å². The van der Waals surface area contributed by atoms with Gasteiger partial charge in [-0.1, -0.05) is 29.8 Å². The lowest BCUT2D eigenvalue weighted by Gasteiger charge is -2.03. The molecule has 3 aromatic rings. The second-order valence-corrected chi connectivity index (χ2v) is 7.42. The Balaban J connectivity index is 1.32. The Hall–Kier alpha value is -3.52. The molecule has 0 unspecified atom stereocenters. The standard InChI is InChI=1S/C25H24N2O3/c1-29-22-14-12-20(13-15-22)24-16-23(30-27-24)17-26-25(28)21-10-8-19(9-11-21)7-6-18-4-2-3-5-18/h8-16,18H,2-5,17H2,1H3,(H,26,28). The fourth-order valence-electron chi connectivity index (χ4n) is 3.52. The van der Waals surface area contributed by atoms with Crippen LogP contribution in [0.1, 0.15) is 47.4 Å². The summed E-state index contributed by atoms with van der Waals surface area (Å²) in [6.07, 6.45) is 4.97. The summed E-state index contributed by atoms with van der Waals surface area (Å²) in [4.78, 5) is 12.4. The molecular formula is C25H24N2O3. The SMILES string of the molecule is COc1ccc(-c2cc(CNC(=O)c3ccc(C#CC4CCCC4)cc3)on2)cc1. The molecule has 0 radical (unpaired) electrons. The second kappa shape index (κ2) is 9.32. The van der Waals surface area contributed by atoms with Crippen molar-refractivity contribution < 1.29 is 14.1 Å². The normalized spacial score (nSPS) is 13.5. The highest BCUT2D eigenvalue weighted by atomic mass is 16.5. The van der Waals surface area contributed by atoms with Crippen LogP contribution in [-0.2, 0) is 6.54 Å². The number of aromatic nitrogens is 1. The zero-order valence-corrected chi connectivity index (χ0v) is 17.0. The zero-order chi connectivity index (χ0) is 20.8. The van der Waals surface area contributed by atoms with E-state index in [-0.39, 0.29) is 12.5 Å². The van der Waals surface area contributed by atoms with Gasteiger partial charge in [-0.3, -0.25) is 4.79 Å². The molecule has 2 aromatic carbocycles. The highest BCUT2D eigenvalue weighted by molar-refractivity contribution is 5.94. The highest BCUT2D eigenvalue weighted by Crippen LogP contribution is 2.24. The van der Waals surface area contributed by atoms with Crippen molar-refractivity contribution >= 4 is 5.91 Å². The topological polar surface area (TPSA) is 64.4 Å². The van der Waals surface area contributed by atoms with Crippen LogP contribution >= 0.6 is 0 Å². The molecule has 4 rings (SSSR count). The minimum absolute atomic E-state index is 0.160. The molecule has 0 atom stereocenters. The first-order valence-corrected chi connectivity index (χ1v) is 10.2. The Bertz CT molecular complexity index is 1050. The van der Waals surface area contributed by atoms with E-state index in [0.717, 1.165) is 16.9 Å². The molecule has 1 aromatic heterocycles. The van der Waals surface area contributed by atoms with Crippen LogP contribution in [-0.4, -0.2) is 18.2 Å². The number of amides is 1. The molecule has 1 heterocycles. The number of carbonyl (C=O) groups excluding carboxylic acids is 1. The fourth-order valence-corrected chi connectivity index (χ4v) is 3.52. The summed E-state index contributed by atoms with van der Waals surface area (Å²) in [5.41, 5.74) is 3.17. The first-order chi connectivity index (χ1) is 14.7. The summed E-state index contributed by atoms with van der Waals surface area (Å²) in [7, 11) is 1.63. The summed E-state index contributed by atoms with van der Waals surface area (Å²) >= 11 is 0. The van der Waals surface area contributed by atoms with Crippen LogP contribution in [0.2, 0.25) is 0 Å². The fraction of sp³-hybridized carbons (Fsp3) is 0.280. The number of rotatable bonds is 5. The maximum absolute atomic E-state index is 12.4. The first kappa shape index (κ1) is 19.8. The van der Waals surface area contributed by atoms with Gasteiger partial charge >= 0.3 is 0 Å². The first-order valence-electron chi connectivity index (χ1n) is 10.2. The highest BCUT2D eigenvalue weighted by Gasteiger charge is 2.12. The van der Waals surface area contributed by atoms with Gasteiger partial charge in [0.15, 0.2) is 5.76 Å².